The van der Waals surface area contributed by atoms with Gasteiger partial charge in [-0.1, -0.05) is 84.1 Å². The maximum absolute atomic E-state index is 2.43. The van der Waals surface area contributed by atoms with Crippen LogP contribution in [0.15, 0.2) is 70.3 Å². The zero-order valence-corrected chi connectivity index (χ0v) is 12.9. The molecule has 0 saturated heterocycles. The molecule has 0 amide bonds. The van der Waals surface area contributed by atoms with Crippen molar-refractivity contribution in [3.8, 4) is 0 Å². The molecular formula is C18H22Si. The Labute approximate surface area is 117 Å². The predicted molar refractivity (Wildman–Crippen MR) is 86.4 cm³/mol. The largest absolute Gasteiger partial charge is 0.139 e. The van der Waals surface area contributed by atoms with Gasteiger partial charge in [0.15, 0.2) is 0 Å². The molecule has 0 fully saturated rings. The van der Waals surface area contributed by atoms with Gasteiger partial charge in [-0.3, -0.25) is 0 Å². The fraction of sp³-hybridized carbons (Fsp3) is 0.333. The van der Waals surface area contributed by atoms with E-state index in [-0.39, 0.29) is 0 Å². The highest BCUT2D eigenvalue weighted by molar-refractivity contribution is 6.99. The molecule has 0 atom stereocenters. The van der Waals surface area contributed by atoms with Gasteiger partial charge in [0.2, 0.25) is 0 Å². The van der Waals surface area contributed by atoms with E-state index in [0.717, 1.165) is 5.54 Å². The first-order valence-corrected chi connectivity index (χ1v) is 9.42. The first-order valence-electron chi connectivity index (χ1n) is 7.34. The Morgan fingerprint density at radius 1 is 0.737 bits per heavy atom. The van der Waals surface area contributed by atoms with Gasteiger partial charge in [-0.05, 0) is 24.8 Å². The van der Waals surface area contributed by atoms with Crippen LogP contribution in [0.4, 0.5) is 0 Å². The van der Waals surface area contributed by atoms with Crippen molar-refractivity contribution in [1.29, 1.82) is 0 Å². The van der Waals surface area contributed by atoms with Crippen molar-refractivity contribution < 1.29 is 0 Å². The second-order valence-corrected chi connectivity index (χ2v) is 10.6. The minimum Gasteiger partial charge on any atom is -0.0808 e. The van der Waals surface area contributed by atoms with Crippen molar-refractivity contribution in [2.75, 3.05) is 0 Å². The molecule has 1 heteroatoms. The quantitative estimate of drug-likeness (QED) is 0.619. The van der Waals surface area contributed by atoms with Crippen LogP contribution in [0, 0.1) is 0 Å². The summed E-state index contributed by atoms with van der Waals surface area (Å²) in [5.74, 6) is 0. The van der Waals surface area contributed by atoms with Crippen LogP contribution < -0.4 is 0 Å². The average molecular weight is 266 g/mol. The summed E-state index contributed by atoms with van der Waals surface area (Å²) < 4.78 is 0. The Bertz CT molecular complexity index is 476. The van der Waals surface area contributed by atoms with Crippen LogP contribution in [0.25, 0.3) is 0 Å². The van der Waals surface area contributed by atoms with Crippen LogP contribution in [-0.2, 0) is 0 Å². The first kappa shape index (κ1) is 12.7. The highest BCUT2D eigenvalue weighted by Gasteiger charge is 2.46. The van der Waals surface area contributed by atoms with Gasteiger partial charge in [-0.15, -0.1) is 0 Å². The fourth-order valence-electron chi connectivity index (χ4n) is 3.95. The molecule has 3 rings (SSSR count). The molecule has 3 aliphatic carbocycles. The van der Waals surface area contributed by atoms with E-state index in [1.165, 1.54) is 19.3 Å². The topological polar surface area (TPSA) is 0 Å². The van der Waals surface area contributed by atoms with E-state index in [0.29, 0.717) is 0 Å². The van der Waals surface area contributed by atoms with Gasteiger partial charge in [0.25, 0.3) is 0 Å². The summed E-state index contributed by atoms with van der Waals surface area (Å²) in [7, 11) is -1.68. The molecule has 0 heterocycles. The molecule has 3 aliphatic rings. The predicted octanol–water partition coefficient (Wildman–Crippen LogP) is 5.12. The van der Waals surface area contributed by atoms with Gasteiger partial charge in [0, 0.05) is 0 Å². The van der Waals surface area contributed by atoms with E-state index in [1.807, 2.05) is 0 Å². The van der Waals surface area contributed by atoms with E-state index in [4.69, 9.17) is 0 Å². The lowest BCUT2D eigenvalue weighted by atomic mass is 10.4. The lowest BCUT2D eigenvalue weighted by Crippen LogP contribution is -2.45. The van der Waals surface area contributed by atoms with Crippen molar-refractivity contribution in [1.82, 2.24) is 0 Å². The molecule has 0 unspecified atom stereocenters. The first-order chi connectivity index (χ1) is 9.26. The van der Waals surface area contributed by atoms with Gasteiger partial charge in [-0.2, -0.15) is 0 Å². The zero-order valence-electron chi connectivity index (χ0n) is 11.9. The van der Waals surface area contributed by atoms with E-state index < -0.39 is 8.07 Å². The van der Waals surface area contributed by atoms with Crippen LogP contribution >= 0.6 is 0 Å². The summed E-state index contributed by atoms with van der Waals surface area (Å²) in [6, 6.07) is 0. The summed E-state index contributed by atoms with van der Waals surface area (Å²) >= 11 is 0. The standard InChI is InChI=1S/C18H22Si/c1-15(2)19(16-9-3-4-10-16,17-11-5-6-12-17)18-13-7-8-14-18/h3-9,11,13,15H,10,12,14H2,1-2H3. The Kier molecular flexibility index (Phi) is 3.32. The SMILES string of the molecule is CC(C)[Si](C1=CC=CC1)(C1=CC=CC1)C1=CC=CC1. The van der Waals surface area contributed by atoms with Crippen LogP contribution in [0.3, 0.4) is 0 Å². The second kappa shape index (κ2) is 4.97. The number of allylic oxidation sites excluding steroid dienone is 12. The molecule has 0 aliphatic heterocycles. The smallest absolute Gasteiger partial charge is 0.0808 e. The summed E-state index contributed by atoms with van der Waals surface area (Å²) in [4.78, 5) is 0. The summed E-state index contributed by atoms with van der Waals surface area (Å²) in [6.45, 7) is 4.87. The molecule has 0 aromatic rings. The fourth-order valence-corrected chi connectivity index (χ4v) is 9.81. The summed E-state index contributed by atoms with van der Waals surface area (Å²) in [5, 5.41) is 5.15. The summed E-state index contributed by atoms with van der Waals surface area (Å²) in [6.07, 6.45) is 24.5. The molecule has 0 aromatic heterocycles. The molecule has 0 bridgehead atoms. The molecule has 0 aromatic carbocycles. The third kappa shape index (κ3) is 1.88. The second-order valence-electron chi connectivity index (χ2n) is 5.94. The molecule has 0 saturated carbocycles. The van der Waals surface area contributed by atoms with Crippen LogP contribution in [-0.4, -0.2) is 8.07 Å². The highest BCUT2D eigenvalue weighted by Crippen LogP contribution is 2.47. The summed E-state index contributed by atoms with van der Waals surface area (Å²) in [5.41, 5.74) is 0.732. The molecule has 0 N–H and O–H groups in total. The van der Waals surface area contributed by atoms with E-state index in [1.54, 1.807) is 15.6 Å². The molecule has 0 radical (unpaired) electrons. The lowest BCUT2D eigenvalue weighted by molar-refractivity contribution is 0.993. The van der Waals surface area contributed by atoms with Gasteiger partial charge in [0.1, 0.15) is 8.07 Å². The Morgan fingerprint density at radius 2 is 1.11 bits per heavy atom. The van der Waals surface area contributed by atoms with Gasteiger partial charge < -0.3 is 0 Å². The Hall–Kier alpha value is -1.34. The molecule has 0 nitrogen and oxygen atoms in total. The average Bonchev–Trinajstić information content (AvgIpc) is 3.15. The van der Waals surface area contributed by atoms with Crippen LogP contribution in [0.2, 0.25) is 5.54 Å². The number of hydrogen-bond donors (Lipinski definition) is 0. The van der Waals surface area contributed by atoms with Crippen LogP contribution in [0.1, 0.15) is 33.1 Å². The van der Waals surface area contributed by atoms with Crippen molar-refractivity contribution >= 4 is 8.07 Å². The maximum atomic E-state index is 2.43. The number of rotatable bonds is 4. The molecule has 98 valence electrons. The Balaban J connectivity index is 2.11. The van der Waals surface area contributed by atoms with E-state index >= 15 is 0 Å². The third-order valence-electron chi connectivity index (χ3n) is 4.70. The normalized spacial score (nSPS) is 21.3. The molecule has 19 heavy (non-hydrogen) atoms. The molecule has 0 spiro atoms. The van der Waals surface area contributed by atoms with Crippen molar-refractivity contribution in [2.45, 2.75) is 38.7 Å². The third-order valence-corrected chi connectivity index (χ3v) is 10.6. The van der Waals surface area contributed by atoms with Crippen molar-refractivity contribution in [3.05, 3.63) is 70.3 Å². The highest BCUT2D eigenvalue weighted by atomic mass is 28.3. The van der Waals surface area contributed by atoms with E-state index in [9.17, 15) is 0 Å². The van der Waals surface area contributed by atoms with Gasteiger partial charge in [0.05, 0.1) is 0 Å². The zero-order chi connectivity index (χ0) is 13.3. The van der Waals surface area contributed by atoms with E-state index in [2.05, 4.69) is 68.5 Å². The molecular weight excluding hydrogens is 244 g/mol. The minimum absolute atomic E-state index is 0.732. The number of hydrogen-bond acceptors (Lipinski definition) is 0. The van der Waals surface area contributed by atoms with Crippen LogP contribution in [0.5, 0.6) is 0 Å². The monoisotopic (exact) mass is 266 g/mol. The van der Waals surface area contributed by atoms with Crippen molar-refractivity contribution in [3.63, 3.8) is 0 Å². The van der Waals surface area contributed by atoms with Gasteiger partial charge >= 0.3 is 0 Å². The Morgan fingerprint density at radius 3 is 1.32 bits per heavy atom. The minimum atomic E-state index is -1.68. The van der Waals surface area contributed by atoms with Gasteiger partial charge in [-0.25, -0.2) is 0 Å². The van der Waals surface area contributed by atoms with Crippen molar-refractivity contribution in [2.24, 2.45) is 0 Å². The lowest BCUT2D eigenvalue weighted by Gasteiger charge is -2.40. The maximum Gasteiger partial charge on any atom is 0.139 e.